The van der Waals surface area contributed by atoms with Gasteiger partial charge in [-0.2, -0.15) is 0 Å². The molecule has 5 nitrogen and oxygen atoms in total. The Kier molecular flexibility index (Phi) is 6.86. The van der Waals surface area contributed by atoms with Gasteiger partial charge in [0.25, 0.3) is 5.91 Å². The molecule has 0 radical (unpaired) electrons. The summed E-state index contributed by atoms with van der Waals surface area (Å²) in [5.41, 5.74) is 3.11. The Labute approximate surface area is 162 Å². The van der Waals surface area contributed by atoms with Crippen LogP contribution in [0.1, 0.15) is 38.0 Å². The van der Waals surface area contributed by atoms with Crippen LogP contribution in [-0.4, -0.2) is 38.3 Å². The second-order valence-corrected chi connectivity index (χ2v) is 7.87. The van der Waals surface area contributed by atoms with Crippen molar-refractivity contribution < 1.29 is 14.6 Å². The van der Waals surface area contributed by atoms with E-state index in [-0.39, 0.29) is 24.5 Å². The molecule has 2 aromatic carbocycles. The van der Waals surface area contributed by atoms with Gasteiger partial charge in [-0.05, 0) is 40.8 Å². The van der Waals surface area contributed by atoms with Crippen LogP contribution >= 0.6 is 0 Å². The molecule has 0 bridgehead atoms. The lowest BCUT2D eigenvalue weighted by Crippen LogP contribution is -2.32. The Balaban J connectivity index is 1.78. The van der Waals surface area contributed by atoms with Crippen LogP contribution in [0.25, 0.3) is 0 Å². The fourth-order valence-electron chi connectivity index (χ4n) is 2.57. The van der Waals surface area contributed by atoms with Gasteiger partial charge in [-0.3, -0.25) is 4.79 Å². The third-order valence-electron chi connectivity index (χ3n) is 4.38. The second-order valence-electron chi connectivity index (χ2n) is 7.87. The highest BCUT2D eigenvalue weighted by Crippen LogP contribution is 2.24. The quantitative estimate of drug-likeness (QED) is 0.785. The van der Waals surface area contributed by atoms with Gasteiger partial charge in [-0.25, -0.2) is 0 Å². The van der Waals surface area contributed by atoms with E-state index in [4.69, 9.17) is 4.74 Å². The van der Waals surface area contributed by atoms with Crippen molar-refractivity contribution in [1.82, 2.24) is 5.32 Å². The highest BCUT2D eigenvalue weighted by molar-refractivity contribution is 5.77. The van der Waals surface area contributed by atoms with E-state index < -0.39 is 6.10 Å². The lowest BCUT2D eigenvalue weighted by atomic mass is 9.87. The summed E-state index contributed by atoms with van der Waals surface area (Å²) in [6.07, 6.45) is -0.753. The second kappa shape index (κ2) is 8.91. The SMILES string of the molecule is CN(C)c1ccc(C(O)CNC(=O)COc2ccc(C(C)(C)C)cc2)cc1. The molecule has 5 heteroatoms. The predicted molar refractivity (Wildman–Crippen MR) is 109 cm³/mol. The number of benzene rings is 2. The molecule has 2 N–H and O–H groups in total. The summed E-state index contributed by atoms with van der Waals surface area (Å²) in [5.74, 6) is 0.386. The van der Waals surface area contributed by atoms with E-state index in [0.717, 1.165) is 11.3 Å². The third kappa shape index (κ3) is 6.29. The maximum atomic E-state index is 12.0. The molecule has 2 rings (SSSR count). The summed E-state index contributed by atoms with van der Waals surface area (Å²) in [4.78, 5) is 14.0. The Morgan fingerprint density at radius 3 is 2.19 bits per heavy atom. The van der Waals surface area contributed by atoms with Crippen LogP contribution in [0.2, 0.25) is 0 Å². The van der Waals surface area contributed by atoms with Crippen molar-refractivity contribution in [2.75, 3.05) is 32.1 Å². The van der Waals surface area contributed by atoms with Gasteiger partial charge in [-0.1, -0.05) is 45.0 Å². The third-order valence-corrected chi connectivity index (χ3v) is 4.38. The van der Waals surface area contributed by atoms with Crippen molar-refractivity contribution in [1.29, 1.82) is 0 Å². The maximum Gasteiger partial charge on any atom is 0.258 e. The number of anilines is 1. The van der Waals surface area contributed by atoms with Crippen LogP contribution in [0.3, 0.4) is 0 Å². The summed E-state index contributed by atoms with van der Waals surface area (Å²) in [6, 6.07) is 15.3. The van der Waals surface area contributed by atoms with Crippen LogP contribution in [0, 0.1) is 0 Å². The van der Waals surface area contributed by atoms with Gasteiger partial charge >= 0.3 is 0 Å². The minimum absolute atomic E-state index is 0.0801. The minimum atomic E-state index is -0.753. The maximum absolute atomic E-state index is 12.0. The summed E-state index contributed by atoms with van der Waals surface area (Å²) >= 11 is 0. The summed E-state index contributed by atoms with van der Waals surface area (Å²) in [5, 5.41) is 12.9. The topological polar surface area (TPSA) is 61.8 Å². The van der Waals surface area contributed by atoms with E-state index in [2.05, 4.69) is 26.1 Å². The average Bonchev–Trinajstić information content (AvgIpc) is 2.64. The molecule has 146 valence electrons. The number of hydrogen-bond donors (Lipinski definition) is 2. The molecule has 2 aromatic rings. The monoisotopic (exact) mass is 370 g/mol. The summed E-state index contributed by atoms with van der Waals surface area (Å²) < 4.78 is 5.52. The van der Waals surface area contributed by atoms with Crippen molar-refractivity contribution in [3.8, 4) is 5.75 Å². The minimum Gasteiger partial charge on any atom is -0.484 e. The highest BCUT2D eigenvalue weighted by Gasteiger charge is 2.14. The van der Waals surface area contributed by atoms with Crippen LogP contribution in [0.5, 0.6) is 5.75 Å². The number of amides is 1. The zero-order chi connectivity index (χ0) is 20.0. The van der Waals surface area contributed by atoms with Gasteiger partial charge in [0.15, 0.2) is 6.61 Å². The number of hydrogen-bond acceptors (Lipinski definition) is 4. The van der Waals surface area contributed by atoms with E-state index in [0.29, 0.717) is 5.75 Å². The summed E-state index contributed by atoms with van der Waals surface area (Å²) in [7, 11) is 3.92. The molecule has 0 aliphatic rings. The van der Waals surface area contributed by atoms with Crippen LogP contribution in [0.4, 0.5) is 5.69 Å². The summed E-state index contributed by atoms with van der Waals surface area (Å²) in [6.45, 7) is 6.51. The molecule has 0 saturated carbocycles. The van der Waals surface area contributed by atoms with Gasteiger partial charge in [0.2, 0.25) is 0 Å². The molecule has 27 heavy (non-hydrogen) atoms. The van der Waals surface area contributed by atoms with Crippen LogP contribution < -0.4 is 15.0 Å². The fraction of sp³-hybridized carbons (Fsp3) is 0.409. The van der Waals surface area contributed by atoms with Crippen molar-refractivity contribution in [2.45, 2.75) is 32.3 Å². The zero-order valence-corrected chi connectivity index (χ0v) is 16.8. The molecule has 0 saturated heterocycles. The molecular weight excluding hydrogens is 340 g/mol. The highest BCUT2D eigenvalue weighted by atomic mass is 16.5. The van der Waals surface area contributed by atoms with Crippen LogP contribution in [0.15, 0.2) is 48.5 Å². The number of aliphatic hydroxyl groups is 1. The lowest BCUT2D eigenvalue weighted by Gasteiger charge is -2.19. The normalized spacial score (nSPS) is 12.4. The van der Waals surface area contributed by atoms with E-state index in [1.807, 2.05) is 67.5 Å². The van der Waals surface area contributed by atoms with Crippen molar-refractivity contribution in [2.24, 2.45) is 0 Å². The number of aliphatic hydroxyl groups excluding tert-OH is 1. The standard InChI is InChI=1S/C22H30N2O3/c1-22(2,3)17-8-12-19(13-9-17)27-15-21(26)23-14-20(25)16-6-10-18(11-7-16)24(4)5/h6-13,20,25H,14-15H2,1-5H3,(H,23,26). The number of ether oxygens (including phenoxy) is 1. The number of rotatable bonds is 7. The molecular formula is C22H30N2O3. The Morgan fingerprint density at radius 2 is 1.67 bits per heavy atom. The van der Waals surface area contributed by atoms with Crippen LogP contribution in [-0.2, 0) is 10.2 Å². The van der Waals surface area contributed by atoms with Gasteiger partial charge < -0.3 is 20.1 Å². The van der Waals surface area contributed by atoms with Gasteiger partial charge in [0.1, 0.15) is 5.75 Å². The first-order valence-corrected chi connectivity index (χ1v) is 9.12. The molecule has 1 amide bonds. The van der Waals surface area contributed by atoms with Crippen molar-refractivity contribution >= 4 is 11.6 Å². The lowest BCUT2D eigenvalue weighted by molar-refractivity contribution is -0.123. The first-order valence-electron chi connectivity index (χ1n) is 9.12. The van der Waals surface area contributed by atoms with Gasteiger partial charge in [0, 0.05) is 26.3 Å². The van der Waals surface area contributed by atoms with Crippen molar-refractivity contribution in [3.63, 3.8) is 0 Å². The predicted octanol–water partition coefficient (Wildman–Crippen LogP) is 3.28. The molecule has 1 unspecified atom stereocenters. The fourth-order valence-corrected chi connectivity index (χ4v) is 2.57. The average molecular weight is 370 g/mol. The molecule has 0 spiro atoms. The van der Waals surface area contributed by atoms with E-state index >= 15 is 0 Å². The molecule has 0 aliphatic heterocycles. The van der Waals surface area contributed by atoms with E-state index in [9.17, 15) is 9.90 Å². The molecule has 0 aliphatic carbocycles. The number of nitrogens with zero attached hydrogens (tertiary/aromatic N) is 1. The van der Waals surface area contributed by atoms with Crippen molar-refractivity contribution in [3.05, 3.63) is 59.7 Å². The smallest absolute Gasteiger partial charge is 0.258 e. The zero-order valence-electron chi connectivity index (χ0n) is 16.8. The largest absolute Gasteiger partial charge is 0.484 e. The molecule has 1 atom stereocenters. The molecule has 0 heterocycles. The first kappa shape index (κ1) is 20.8. The van der Waals surface area contributed by atoms with Gasteiger partial charge in [-0.15, -0.1) is 0 Å². The number of carbonyl (C=O) groups excluding carboxylic acids is 1. The number of nitrogens with one attached hydrogen (secondary N) is 1. The molecule has 0 fully saturated rings. The number of carbonyl (C=O) groups is 1. The Morgan fingerprint density at radius 1 is 1.07 bits per heavy atom. The molecule has 0 aromatic heterocycles. The van der Waals surface area contributed by atoms with Gasteiger partial charge in [0.05, 0.1) is 6.10 Å². The Bertz CT molecular complexity index is 732. The van der Waals surface area contributed by atoms with E-state index in [1.165, 1.54) is 5.56 Å². The Hall–Kier alpha value is -2.53. The first-order chi connectivity index (χ1) is 12.7. The van der Waals surface area contributed by atoms with E-state index in [1.54, 1.807) is 0 Å².